The van der Waals surface area contributed by atoms with Gasteiger partial charge in [-0.05, 0) is 62.4 Å². The number of carbonyl (C=O) groups excluding carboxylic acids is 3. The zero-order chi connectivity index (χ0) is 25.5. The molecule has 3 rings (SSSR count). The van der Waals surface area contributed by atoms with Crippen molar-refractivity contribution in [1.29, 1.82) is 0 Å². The molecule has 3 aromatic rings. The Kier molecular flexibility index (Phi) is 7.93. The lowest BCUT2D eigenvalue weighted by atomic mass is 10.1. The first-order valence-electron chi connectivity index (χ1n) is 10.5. The standard InChI is InChI=1S/C26H22FNO7/c1-15-5-3-7-17(13-15)25(32)34-21(23(29)28-20-11-9-19(27)10-12-20)22(24(30)31)35-26(33)18-8-4-6-16(2)14-18/h3-14,21-22H,1-2H3,(H,28,29)(H,30,31)/t21-,22+/m1/s1. The van der Waals surface area contributed by atoms with Crippen molar-refractivity contribution < 1.29 is 38.1 Å². The summed E-state index contributed by atoms with van der Waals surface area (Å²) in [5.74, 6) is -5.36. The first-order chi connectivity index (χ1) is 16.6. The number of aliphatic carboxylic acids is 1. The van der Waals surface area contributed by atoms with Crippen LogP contribution in [0.5, 0.6) is 0 Å². The van der Waals surface area contributed by atoms with Crippen LogP contribution in [0.1, 0.15) is 31.8 Å². The molecule has 0 aromatic heterocycles. The molecule has 2 atom stereocenters. The number of aryl methyl sites for hydroxylation is 2. The fourth-order valence-corrected chi connectivity index (χ4v) is 3.15. The highest BCUT2D eigenvalue weighted by atomic mass is 19.1. The lowest BCUT2D eigenvalue weighted by Crippen LogP contribution is -2.48. The van der Waals surface area contributed by atoms with Crippen LogP contribution in [0, 0.1) is 19.7 Å². The van der Waals surface area contributed by atoms with E-state index in [1.165, 1.54) is 36.4 Å². The Morgan fingerprint density at radius 3 is 1.71 bits per heavy atom. The average Bonchev–Trinajstić information content (AvgIpc) is 2.82. The smallest absolute Gasteiger partial charge is 0.349 e. The number of nitrogens with one attached hydrogen (secondary N) is 1. The molecule has 2 N–H and O–H groups in total. The van der Waals surface area contributed by atoms with Crippen molar-refractivity contribution in [1.82, 2.24) is 0 Å². The Morgan fingerprint density at radius 1 is 0.771 bits per heavy atom. The number of rotatable bonds is 8. The third kappa shape index (κ3) is 6.73. The molecule has 0 saturated carbocycles. The number of halogens is 1. The summed E-state index contributed by atoms with van der Waals surface area (Å²) in [4.78, 5) is 50.4. The lowest BCUT2D eigenvalue weighted by Gasteiger charge is -2.23. The van der Waals surface area contributed by atoms with Crippen LogP contribution in [-0.4, -0.2) is 41.1 Å². The Hall–Kier alpha value is -4.53. The van der Waals surface area contributed by atoms with Crippen molar-refractivity contribution in [3.05, 3.63) is 101 Å². The highest BCUT2D eigenvalue weighted by molar-refractivity contribution is 6.01. The lowest BCUT2D eigenvalue weighted by molar-refractivity contribution is -0.157. The van der Waals surface area contributed by atoms with E-state index in [0.717, 1.165) is 23.3 Å². The molecular weight excluding hydrogens is 457 g/mol. The first kappa shape index (κ1) is 25.1. The van der Waals surface area contributed by atoms with Crippen molar-refractivity contribution in [2.24, 2.45) is 0 Å². The predicted molar refractivity (Wildman–Crippen MR) is 123 cm³/mol. The minimum atomic E-state index is -2.17. The molecule has 9 heteroatoms. The monoisotopic (exact) mass is 479 g/mol. The second-order valence-electron chi connectivity index (χ2n) is 7.73. The molecule has 0 fully saturated rings. The SMILES string of the molecule is Cc1cccc(C(=O)O[C@H](C(=O)O)[C@@H](OC(=O)c2cccc(C)c2)C(=O)Nc2ccc(F)cc2)c1. The van der Waals surface area contributed by atoms with Crippen LogP contribution in [0.15, 0.2) is 72.8 Å². The number of carbonyl (C=O) groups is 4. The molecule has 1 amide bonds. The molecule has 0 unspecified atom stereocenters. The van der Waals surface area contributed by atoms with Gasteiger partial charge in [0.1, 0.15) is 5.82 Å². The van der Waals surface area contributed by atoms with Gasteiger partial charge in [-0.1, -0.05) is 35.4 Å². The number of carboxylic acids is 1. The highest BCUT2D eigenvalue weighted by Crippen LogP contribution is 2.17. The molecule has 0 aliphatic rings. The van der Waals surface area contributed by atoms with E-state index in [-0.39, 0.29) is 16.8 Å². The van der Waals surface area contributed by atoms with E-state index in [1.807, 2.05) is 0 Å². The van der Waals surface area contributed by atoms with Gasteiger partial charge in [0.25, 0.3) is 5.91 Å². The summed E-state index contributed by atoms with van der Waals surface area (Å²) >= 11 is 0. The van der Waals surface area contributed by atoms with Gasteiger partial charge in [-0.3, -0.25) is 4.79 Å². The summed E-state index contributed by atoms with van der Waals surface area (Å²) in [6.07, 6.45) is -4.23. The average molecular weight is 479 g/mol. The van der Waals surface area contributed by atoms with Gasteiger partial charge in [0.05, 0.1) is 11.1 Å². The molecule has 0 spiro atoms. The zero-order valence-electron chi connectivity index (χ0n) is 18.9. The number of ether oxygens (including phenoxy) is 2. The predicted octanol–water partition coefficient (Wildman–Crippen LogP) is 3.92. The first-order valence-corrected chi connectivity index (χ1v) is 10.5. The summed E-state index contributed by atoms with van der Waals surface area (Å²) in [7, 11) is 0. The third-order valence-electron chi connectivity index (χ3n) is 4.86. The molecule has 0 saturated heterocycles. The molecule has 3 aromatic carbocycles. The third-order valence-corrected chi connectivity index (χ3v) is 4.86. The van der Waals surface area contributed by atoms with Crippen LogP contribution in [0.25, 0.3) is 0 Å². The second kappa shape index (κ2) is 11.1. The minimum absolute atomic E-state index is 0.0546. The maximum Gasteiger partial charge on any atom is 0.349 e. The Morgan fingerprint density at radius 2 is 1.26 bits per heavy atom. The van der Waals surface area contributed by atoms with E-state index >= 15 is 0 Å². The van der Waals surface area contributed by atoms with E-state index in [0.29, 0.717) is 0 Å². The number of carboxylic acid groups (broad SMARTS) is 1. The van der Waals surface area contributed by atoms with Crippen LogP contribution in [0.4, 0.5) is 10.1 Å². The number of anilines is 1. The van der Waals surface area contributed by atoms with E-state index < -0.39 is 41.8 Å². The van der Waals surface area contributed by atoms with Crippen molar-refractivity contribution in [3.63, 3.8) is 0 Å². The Labute approximate surface area is 200 Å². The summed E-state index contributed by atoms with van der Waals surface area (Å²) in [5.41, 5.74) is 1.69. The van der Waals surface area contributed by atoms with Crippen LogP contribution in [0.2, 0.25) is 0 Å². The number of amides is 1. The quantitative estimate of drug-likeness (QED) is 0.470. The number of hydrogen-bond acceptors (Lipinski definition) is 6. The summed E-state index contributed by atoms with van der Waals surface area (Å²) < 4.78 is 23.6. The van der Waals surface area contributed by atoms with E-state index in [2.05, 4.69) is 5.32 Å². The second-order valence-corrected chi connectivity index (χ2v) is 7.73. The number of esters is 2. The van der Waals surface area contributed by atoms with Gasteiger partial charge in [0.15, 0.2) is 0 Å². The van der Waals surface area contributed by atoms with Gasteiger partial charge in [-0.2, -0.15) is 0 Å². The van der Waals surface area contributed by atoms with Gasteiger partial charge >= 0.3 is 17.9 Å². The van der Waals surface area contributed by atoms with E-state index in [4.69, 9.17) is 9.47 Å². The highest BCUT2D eigenvalue weighted by Gasteiger charge is 2.41. The molecule has 0 radical (unpaired) electrons. The Balaban J connectivity index is 1.91. The van der Waals surface area contributed by atoms with Gasteiger partial charge in [0.2, 0.25) is 12.2 Å². The van der Waals surface area contributed by atoms with E-state index in [1.54, 1.807) is 38.1 Å². The summed E-state index contributed by atoms with van der Waals surface area (Å²) in [6.45, 7) is 3.47. The molecule has 180 valence electrons. The van der Waals surface area contributed by atoms with Crippen molar-refractivity contribution in [3.8, 4) is 0 Å². The maximum absolute atomic E-state index is 13.2. The van der Waals surface area contributed by atoms with Crippen molar-refractivity contribution in [2.45, 2.75) is 26.1 Å². The van der Waals surface area contributed by atoms with Crippen molar-refractivity contribution in [2.75, 3.05) is 5.32 Å². The number of hydrogen-bond donors (Lipinski definition) is 2. The van der Waals surface area contributed by atoms with Crippen LogP contribution in [-0.2, 0) is 19.1 Å². The van der Waals surface area contributed by atoms with Crippen LogP contribution >= 0.6 is 0 Å². The largest absolute Gasteiger partial charge is 0.478 e. The normalized spacial score (nSPS) is 12.2. The topological polar surface area (TPSA) is 119 Å². The van der Waals surface area contributed by atoms with Gasteiger partial charge < -0.3 is 19.9 Å². The van der Waals surface area contributed by atoms with Crippen LogP contribution < -0.4 is 5.32 Å². The zero-order valence-corrected chi connectivity index (χ0v) is 18.9. The van der Waals surface area contributed by atoms with Crippen molar-refractivity contribution >= 4 is 29.5 Å². The fourth-order valence-electron chi connectivity index (χ4n) is 3.15. The number of benzene rings is 3. The maximum atomic E-state index is 13.2. The molecule has 0 aliphatic carbocycles. The molecule has 8 nitrogen and oxygen atoms in total. The fraction of sp³-hybridized carbons (Fsp3) is 0.154. The Bertz CT molecular complexity index is 1260. The molecule has 0 bridgehead atoms. The molecular formula is C26H22FNO7. The van der Waals surface area contributed by atoms with Gasteiger partial charge in [-0.25, -0.2) is 18.8 Å². The summed E-state index contributed by atoms with van der Waals surface area (Å²) in [5, 5.41) is 12.1. The van der Waals surface area contributed by atoms with Gasteiger partial charge in [-0.15, -0.1) is 0 Å². The van der Waals surface area contributed by atoms with Gasteiger partial charge in [0, 0.05) is 5.69 Å². The molecule has 0 aliphatic heterocycles. The van der Waals surface area contributed by atoms with Crippen LogP contribution in [0.3, 0.4) is 0 Å². The summed E-state index contributed by atoms with van der Waals surface area (Å²) in [6, 6.07) is 17.1. The molecule has 35 heavy (non-hydrogen) atoms. The molecule has 0 heterocycles. The van der Waals surface area contributed by atoms with E-state index in [9.17, 15) is 28.7 Å². The minimum Gasteiger partial charge on any atom is -0.478 e.